The van der Waals surface area contributed by atoms with Gasteiger partial charge in [0.2, 0.25) is 0 Å². The Kier molecular flexibility index (Phi) is 7.29. The molecule has 0 radical (unpaired) electrons. The van der Waals surface area contributed by atoms with Crippen molar-refractivity contribution >= 4 is 34.3 Å². The maximum Gasteiger partial charge on any atom is 0.250 e. The minimum Gasteiger partial charge on any atom is -0.491 e. The molecule has 0 aliphatic carbocycles. The summed E-state index contributed by atoms with van der Waals surface area (Å²) in [6.07, 6.45) is 1.27. The highest BCUT2D eigenvalue weighted by atomic mass is 19.1. The Morgan fingerprint density at radius 3 is 2.56 bits per heavy atom. The molecule has 4 rings (SSSR count). The van der Waals surface area contributed by atoms with Crippen LogP contribution in [0.4, 0.5) is 32.8 Å². The number of nitrogens with zero attached hydrogens (tertiary/aromatic N) is 1. The molecule has 0 aromatic heterocycles. The van der Waals surface area contributed by atoms with E-state index >= 15 is 0 Å². The quantitative estimate of drug-likeness (QED) is 0.334. The van der Waals surface area contributed by atoms with E-state index in [1.54, 1.807) is 42.3 Å². The fourth-order valence-corrected chi connectivity index (χ4v) is 3.53. The summed E-state index contributed by atoms with van der Waals surface area (Å²) >= 11 is 0. The SMILES string of the molecule is C=CC(=O)N1CCOc2ccc(Nc3cc(Nc4ccc(OCCOC)cc4)ccc3F)cc21. The monoisotopic (exact) mass is 463 g/mol. The molecule has 8 heteroatoms. The van der Waals surface area contributed by atoms with Crippen LogP contribution < -0.4 is 25.0 Å². The summed E-state index contributed by atoms with van der Waals surface area (Å²) in [5.74, 6) is 0.719. The number of fused-ring (bicyclic) bond motifs is 1. The van der Waals surface area contributed by atoms with E-state index in [2.05, 4.69) is 17.2 Å². The summed E-state index contributed by atoms with van der Waals surface area (Å²) < 4.78 is 30.8. The van der Waals surface area contributed by atoms with E-state index in [0.717, 1.165) is 11.4 Å². The van der Waals surface area contributed by atoms with Gasteiger partial charge in [0, 0.05) is 24.2 Å². The lowest BCUT2D eigenvalue weighted by atomic mass is 10.2. The average molecular weight is 464 g/mol. The van der Waals surface area contributed by atoms with Crippen LogP contribution in [0.2, 0.25) is 0 Å². The summed E-state index contributed by atoms with van der Waals surface area (Å²) in [6.45, 7) is 5.38. The highest BCUT2D eigenvalue weighted by Crippen LogP contribution is 2.36. The van der Waals surface area contributed by atoms with E-state index in [-0.39, 0.29) is 5.91 Å². The summed E-state index contributed by atoms with van der Waals surface area (Å²) in [5, 5.41) is 6.36. The zero-order chi connectivity index (χ0) is 23.9. The van der Waals surface area contributed by atoms with Crippen LogP contribution in [0.3, 0.4) is 0 Å². The summed E-state index contributed by atoms with van der Waals surface area (Å²) in [6, 6.07) is 17.5. The Morgan fingerprint density at radius 2 is 1.79 bits per heavy atom. The van der Waals surface area contributed by atoms with Gasteiger partial charge in [-0.05, 0) is 66.7 Å². The van der Waals surface area contributed by atoms with Gasteiger partial charge >= 0.3 is 0 Å². The first-order valence-corrected chi connectivity index (χ1v) is 10.8. The summed E-state index contributed by atoms with van der Waals surface area (Å²) in [7, 11) is 1.63. The van der Waals surface area contributed by atoms with E-state index in [1.165, 1.54) is 12.1 Å². The lowest BCUT2D eigenvalue weighted by Crippen LogP contribution is -2.36. The third-order valence-electron chi connectivity index (χ3n) is 5.21. The second kappa shape index (κ2) is 10.7. The van der Waals surface area contributed by atoms with E-state index in [9.17, 15) is 9.18 Å². The van der Waals surface area contributed by atoms with Gasteiger partial charge in [0.05, 0.1) is 24.5 Å². The van der Waals surface area contributed by atoms with Crippen LogP contribution in [0, 0.1) is 5.82 Å². The number of carbonyl (C=O) groups excluding carboxylic acids is 1. The van der Waals surface area contributed by atoms with Gasteiger partial charge in [-0.3, -0.25) is 4.79 Å². The number of ether oxygens (including phenoxy) is 3. The Hall–Kier alpha value is -4.04. The molecule has 0 bridgehead atoms. The van der Waals surface area contributed by atoms with Gasteiger partial charge in [-0.1, -0.05) is 6.58 Å². The second-order valence-corrected chi connectivity index (χ2v) is 7.54. The molecule has 34 heavy (non-hydrogen) atoms. The first kappa shape index (κ1) is 23.1. The molecule has 1 aliphatic heterocycles. The lowest BCUT2D eigenvalue weighted by Gasteiger charge is -2.29. The van der Waals surface area contributed by atoms with Crippen molar-refractivity contribution < 1.29 is 23.4 Å². The fraction of sp³-hybridized carbons (Fsp3) is 0.192. The number of carbonyl (C=O) groups is 1. The van der Waals surface area contributed by atoms with Crippen molar-refractivity contribution in [2.45, 2.75) is 0 Å². The number of anilines is 5. The normalized spacial score (nSPS) is 12.4. The van der Waals surface area contributed by atoms with E-state index in [1.807, 2.05) is 24.3 Å². The molecule has 1 heterocycles. The van der Waals surface area contributed by atoms with Crippen LogP contribution in [0.15, 0.2) is 73.3 Å². The Bertz CT molecular complexity index is 1170. The lowest BCUT2D eigenvalue weighted by molar-refractivity contribution is -0.114. The van der Waals surface area contributed by atoms with Crippen molar-refractivity contribution in [3.63, 3.8) is 0 Å². The Balaban J connectivity index is 1.49. The summed E-state index contributed by atoms with van der Waals surface area (Å²) in [4.78, 5) is 13.8. The van der Waals surface area contributed by atoms with Gasteiger partial charge in [0.25, 0.3) is 5.91 Å². The van der Waals surface area contributed by atoms with Crippen molar-refractivity contribution in [2.24, 2.45) is 0 Å². The Labute approximate surface area is 197 Å². The van der Waals surface area contributed by atoms with Gasteiger partial charge in [-0.2, -0.15) is 0 Å². The smallest absolute Gasteiger partial charge is 0.250 e. The zero-order valence-corrected chi connectivity index (χ0v) is 18.8. The molecule has 0 saturated heterocycles. The summed E-state index contributed by atoms with van der Waals surface area (Å²) in [5.41, 5.74) is 3.08. The molecule has 2 N–H and O–H groups in total. The second-order valence-electron chi connectivity index (χ2n) is 7.54. The number of halogens is 1. The molecular formula is C26H26FN3O4. The van der Waals surface area contributed by atoms with Crippen LogP contribution in [0.25, 0.3) is 0 Å². The topological polar surface area (TPSA) is 72.1 Å². The number of rotatable bonds is 9. The first-order valence-electron chi connectivity index (χ1n) is 10.8. The first-order chi connectivity index (χ1) is 16.6. The molecule has 1 amide bonds. The van der Waals surface area contributed by atoms with E-state index in [0.29, 0.717) is 54.9 Å². The number of nitrogens with one attached hydrogen (secondary N) is 2. The molecule has 0 spiro atoms. The predicted octanol–water partition coefficient (Wildman–Crippen LogP) is 5.25. The maximum absolute atomic E-state index is 14.6. The van der Waals surface area contributed by atoms with Gasteiger partial charge < -0.3 is 29.7 Å². The number of hydrogen-bond acceptors (Lipinski definition) is 6. The fourth-order valence-electron chi connectivity index (χ4n) is 3.53. The van der Waals surface area contributed by atoms with Gasteiger partial charge in [0.1, 0.15) is 30.5 Å². The van der Waals surface area contributed by atoms with Crippen molar-refractivity contribution in [1.29, 1.82) is 0 Å². The maximum atomic E-state index is 14.6. The van der Waals surface area contributed by atoms with Crippen LogP contribution in [0.1, 0.15) is 0 Å². The van der Waals surface area contributed by atoms with Crippen LogP contribution in [-0.4, -0.2) is 39.4 Å². The molecule has 176 valence electrons. The molecule has 0 fully saturated rings. The standard InChI is InChI=1S/C26H26FN3O4/c1-3-26(31)30-12-13-34-25-11-7-20(17-24(25)30)29-23-16-19(6-10-22(23)27)28-18-4-8-21(9-5-18)33-15-14-32-2/h3-11,16-17,28-29H,1,12-15H2,2H3. The average Bonchev–Trinajstić information content (AvgIpc) is 2.86. The molecule has 0 atom stereocenters. The number of hydrogen-bond donors (Lipinski definition) is 2. The van der Waals surface area contributed by atoms with Crippen molar-refractivity contribution in [2.75, 3.05) is 49.0 Å². The largest absolute Gasteiger partial charge is 0.491 e. The van der Waals surface area contributed by atoms with E-state index < -0.39 is 5.82 Å². The number of benzene rings is 3. The van der Waals surface area contributed by atoms with E-state index in [4.69, 9.17) is 14.2 Å². The Morgan fingerprint density at radius 1 is 1.06 bits per heavy atom. The number of methoxy groups -OCH3 is 1. The van der Waals surface area contributed by atoms with Gasteiger partial charge in [0.15, 0.2) is 0 Å². The van der Waals surface area contributed by atoms with Crippen molar-refractivity contribution in [3.8, 4) is 11.5 Å². The van der Waals surface area contributed by atoms with Crippen molar-refractivity contribution in [1.82, 2.24) is 0 Å². The molecular weight excluding hydrogens is 437 g/mol. The van der Waals surface area contributed by atoms with Gasteiger partial charge in [-0.15, -0.1) is 0 Å². The number of amides is 1. The zero-order valence-electron chi connectivity index (χ0n) is 18.8. The third kappa shape index (κ3) is 5.47. The van der Waals surface area contributed by atoms with Gasteiger partial charge in [-0.25, -0.2) is 4.39 Å². The molecule has 0 unspecified atom stereocenters. The highest BCUT2D eigenvalue weighted by molar-refractivity contribution is 6.02. The molecule has 3 aromatic rings. The van der Waals surface area contributed by atoms with Crippen LogP contribution in [0.5, 0.6) is 11.5 Å². The minimum absolute atomic E-state index is 0.214. The third-order valence-corrected chi connectivity index (χ3v) is 5.21. The highest BCUT2D eigenvalue weighted by Gasteiger charge is 2.22. The molecule has 1 aliphatic rings. The van der Waals surface area contributed by atoms with Crippen LogP contribution in [-0.2, 0) is 9.53 Å². The molecule has 3 aromatic carbocycles. The molecule has 0 saturated carbocycles. The van der Waals surface area contributed by atoms with Crippen molar-refractivity contribution in [3.05, 3.63) is 79.1 Å². The predicted molar refractivity (Wildman–Crippen MR) is 131 cm³/mol. The molecule has 7 nitrogen and oxygen atoms in total. The van der Waals surface area contributed by atoms with Crippen LogP contribution >= 0.6 is 0 Å². The minimum atomic E-state index is -0.402.